The van der Waals surface area contributed by atoms with Crippen molar-refractivity contribution in [2.45, 2.75) is 25.4 Å². The Morgan fingerprint density at radius 1 is 1.44 bits per heavy atom. The predicted octanol–water partition coefficient (Wildman–Crippen LogP) is 1.27. The van der Waals surface area contributed by atoms with E-state index in [2.05, 4.69) is 10.7 Å². The molecule has 1 atom stereocenters. The summed E-state index contributed by atoms with van der Waals surface area (Å²) in [5.74, 6) is 5.18. The van der Waals surface area contributed by atoms with Gasteiger partial charge in [0.15, 0.2) is 0 Å². The summed E-state index contributed by atoms with van der Waals surface area (Å²) >= 11 is 0. The van der Waals surface area contributed by atoms with E-state index in [1.54, 1.807) is 24.3 Å². The van der Waals surface area contributed by atoms with Crippen LogP contribution in [0, 0.1) is 0 Å². The van der Waals surface area contributed by atoms with Gasteiger partial charge in [-0.3, -0.25) is 10.6 Å². The summed E-state index contributed by atoms with van der Waals surface area (Å²) in [5.41, 5.74) is 3.71. The first-order valence-electron chi connectivity index (χ1n) is 6.12. The van der Waals surface area contributed by atoms with E-state index in [-0.39, 0.29) is 11.5 Å². The fraction of sp³-hybridized carbons (Fsp3) is 0.462. The lowest BCUT2D eigenvalue weighted by molar-refractivity contribution is 0.0206. The van der Waals surface area contributed by atoms with Crippen molar-refractivity contribution in [2.24, 2.45) is 5.84 Å². The van der Waals surface area contributed by atoms with Crippen LogP contribution < -0.4 is 16.6 Å². The highest BCUT2D eigenvalue weighted by Crippen LogP contribution is 2.24. The number of ether oxygens (including phenoxy) is 1. The molecule has 0 aromatic heterocycles. The van der Waals surface area contributed by atoms with Gasteiger partial charge >= 0.3 is 0 Å². The number of carbonyl (C=O) groups is 1. The molecule has 1 aromatic carbocycles. The van der Waals surface area contributed by atoms with Crippen LogP contribution in [0.4, 0.5) is 5.69 Å². The van der Waals surface area contributed by atoms with E-state index >= 15 is 0 Å². The molecule has 4 N–H and O–H groups in total. The molecule has 18 heavy (non-hydrogen) atoms. The Morgan fingerprint density at radius 2 is 2.17 bits per heavy atom. The van der Waals surface area contributed by atoms with Crippen molar-refractivity contribution in [1.82, 2.24) is 5.32 Å². The standard InChI is InChI=1S/C13H19N3O2/c1-13(7-2-8-18-13)9-15-12(17)10-3-5-11(16-14)6-4-10/h3-6,16H,2,7-9,14H2,1H3,(H,15,17). The molecule has 0 aliphatic carbocycles. The minimum Gasteiger partial charge on any atom is -0.373 e. The number of carbonyl (C=O) groups excluding carboxylic acids is 1. The van der Waals surface area contributed by atoms with Crippen molar-refractivity contribution in [3.05, 3.63) is 29.8 Å². The van der Waals surface area contributed by atoms with E-state index in [0.29, 0.717) is 12.1 Å². The Balaban J connectivity index is 1.90. The third-order valence-corrected chi connectivity index (χ3v) is 3.24. The van der Waals surface area contributed by atoms with Gasteiger partial charge in [0, 0.05) is 24.4 Å². The van der Waals surface area contributed by atoms with Gasteiger partial charge in [0.25, 0.3) is 5.91 Å². The van der Waals surface area contributed by atoms with Crippen molar-refractivity contribution < 1.29 is 9.53 Å². The second kappa shape index (κ2) is 5.37. The van der Waals surface area contributed by atoms with Gasteiger partial charge in [-0.15, -0.1) is 0 Å². The third-order valence-electron chi connectivity index (χ3n) is 3.24. The van der Waals surface area contributed by atoms with Crippen molar-refractivity contribution in [2.75, 3.05) is 18.6 Å². The molecule has 2 rings (SSSR count). The summed E-state index contributed by atoms with van der Waals surface area (Å²) in [6.07, 6.45) is 2.05. The normalized spacial score (nSPS) is 22.8. The highest BCUT2D eigenvalue weighted by Gasteiger charge is 2.30. The fourth-order valence-electron chi connectivity index (χ4n) is 2.06. The van der Waals surface area contributed by atoms with Gasteiger partial charge in [0.2, 0.25) is 0 Å². The lowest BCUT2D eigenvalue weighted by atomic mass is 10.0. The SMILES string of the molecule is CC1(CNC(=O)c2ccc(NN)cc2)CCCO1. The summed E-state index contributed by atoms with van der Waals surface area (Å²) < 4.78 is 5.62. The number of benzene rings is 1. The summed E-state index contributed by atoms with van der Waals surface area (Å²) in [6.45, 7) is 3.35. The zero-order valence-electron chi connectivity index (χ0n) is 10.5. The van der Waals surface area contributed by atoms with E-state index < -0.39 is 0 Å². The maximum absolute atomic E-state index is 11.9. The molecule has 1 aliphatic heterocycles. The molecule has 1 aliphatic rings. The Bertz CT molecular complexity index is 411. The minimum absolute atomic E-state index is 0.0877. The first kappa shape index (κ1) is 12.9. The Morgan fingerprint density at radius 3 is 2.72 bits per heavy atom. The molecule has 1 heterocycles. The molecule has 0 bridgehead atoms. The molecule has 1 amide bonds. The minimum atomic E-state index is -0.214. The summed E-state index contributed by atoms with van der Waals surface area (Å²) in [7, 11) is 0. The zero-order valence-corrected chi connectivity index (χ0v) is 10.5. The molecule has 5 nitrogen and oxygen atoms in total. The third kappa shape index (κ3) is 3.00. The summed E-state index contributed by atoms with van der Waals surface area (Å²) in [4.78, 5) is 11.9. The van der Waals surface area contributed by atoms with Gasteiger partial charge in [-0.1, -0.05) is 0 Å². The smallest absolute Gasteiger partial charge is 0.251 e. The van der Waals surface area contributed by atoms with E-state index in [9.17, 15) is 4.79 Å². The van der Waals surface area contributed by atoms with Crippen molar-refractivity contribution in [3.8, 4) is 0 Å². The van der Waals surface area contributed by atoms with Gasteiger partial charge in [-0.05, 0) is 44.0 Å². The maximum Gasteiger partial charge on any atom is 0.251 e. The molecule has 98 valence electrons. The largest absolute Gasteiger partial charge is 0.373 e. The Kier molecular flexibility index (Phi) is 3.84. The monoisotopic (exact) mass is 249 g/mol. The zero-order chi connectivity index (χ0) is 13.0. The van der Waals surface area contributed by atoms with E-state index in [1.807, 2.05) is 6.92 Å². The Hall–Kier alpha value is -1.59. The Labute approximate surface area is 107 Å². The number of hydrogen-bond acceptors (Lipinski definition) is 4. The number of nitrogen functional groups attached to an aromatic ring is 1. The second-order valence-corrected chi connectivity index (χ2v) is 4.81. The van der Waals surface area contributed by atoms with Crippen LogP contribution in [0.5, 0.6) is 0 Å². The number of anilines is 1. The lowest BCUT2D eigenvalue weighted by Gasteiger charge is -2.23. The molecule has 0 radical (unpaired) electrons. The summed E-state index contributed by atoms with van der Waals surface area (Å²) in [6, 6.07) is 7.01. The van der Waals surface area contributed by atoms with Crippen LogP contribution >= 0.6 is 0 Å². The van der Waals surface area contributed by atoms with Gasteiger partial charge in [0.1, 0.15) is 0 Å². The predicted molar refractivity (Wildman–Crippen MR) is 70.2 cm³/mol. The highest BCUT2D eigenvalue weighted by molar-refractivity contribution is 5.94. The number of amides is 1. The van der Waals surface area contributed by atoms with E-state index in [1.165, 1.54) is 0 Å². The molecular formula is C13H19N3O2. The molecular weight excluding hydrogens is 230 g/mol. The van der Waals surface area contributed by atoms with Crippen LogP contribution in [-0.4, -0.2) is 24.7 Å². The number of hydrogen-bond donors (Lipinski definition) is 3. The van der Waals surface area contributed by atoms with Crippen LogP contribution in [0.1, 0.15) is 30.1 Å². The number of rotatable bonds is 4. The average molecular weight is 249 g/mol. The number of hydrazine groups is 1. The first-order chi connectivity index (χ1) is 8.63. The molecule has 0 spiro atoms. The van der Waals surface area contributed by atoms with Crippen LogP contribution in [0.3, 0.4) is 0 Å². The first-order valence-corrected chi connectivity index (χ1v) is 6.12. The molecule has 1 saturated heterocycles. The van der Waals surface area contributed by atoms with Crippen LogP contribution in [0.25, 0.3) is 0 Å². The van der Waals surface area contributed by atoms with Crippen molar-refractivity contribution in [1.29, 1.82) is 0 Å². The second-order valence-electron chi connectivity index (χ2n) is 4.81. The maximum atomic E-state index is 11.9. The van der Waals surface area contributed by atoms with Crippen molar-refractivity contribution in [3.63, 3.8) is 0 Å². The van der Waals surface area contributed by atoms with Gasteiger partial charge in [0.05, 0.1) is 5.60 Å². The molecule has 0 saturated carbocycles. The molecule has 1 aromatic rings. The fourth-order valence-corrected chi connectivity index (χ4v) is 2.06. The van der Waals surface area contributed by atoms with Gasteiger partial charge in [-0.2, -0.15) is 0 Å². The lowest BCUT2D eigenvalue weighted by Crippen LogP contribution is -2.40. The number of nitrogens with one attached hydrogen (secondary N) is 2. The molecule has 1 fully saturated rings. The topological polar surface area (TPSA) is 76.4 Å². The number of nitrogens with two attached hydrogens (primary N) is 1. The van der Waals surface area contributed by atoms with Gasteiger partial charge in [-0.25, -0.2) is 0 Å². The molecule has 5 heteroatoms. The van der Waals surface area contributed by atoms with E-state index in [0.717, 1.165) is 25.1 Å². The molecule has 1 unspecified atom stereocenters. The van der Waals surface area contributed by atoms with Gasteiger partial charge < -0.3 is 15.5 Å². The van der Waals surface area contributed by atoms with Crippen molar-refractivity contribution >= 4 is 11.6 Å². The quantitative estimate of drug-likeness (QED) is 0.555. The summed E-state index contributed by atoms with van der Waals surface area (Å²) in [5, 5.41) is 2.90. The van der Waals surface area contributed by atoms with Crippen LogP contribution in [0.15, 0.2) is 24.3 Å². The van der Waals surface area contributed by atoms with Crippen LogP contribution in [0.2, 0.25) is 0 Å². The average Bonchev–Trinajstić information content (AvgIpc) is 2.83. The van der Waals surface area contributed by atoms with E-state index in [4.69, 9.17) is 10.6 Å². The van der Waals surface area contributed by atoms with Crippen LogP contribution in [-0.2, 0) is 4.74 Å². The highest BCUT2D eigenvalue weighted by atomic mass is 16.5.